The van der Waals surface area contributed by atoms with Crippen LogP contribution in [0.2, 0.25) is 0 Å². The molecule has 5 nitrogen and oxygen atoms in total. The lowest BCUT2D eigenvalue weighted by molar-refractivity contribution is -0.383. The number of rotatable bonds is 3. The number of hydrogen-bond acceptors (Lipinski definition) is 4. The maximum Gasteiger partial charge on any atom is 0.292 e. The van der Waals surface area contributed by atoms with Gasteiger partial charge < -0.3 is 10.5 Å². The first-order valence-electron chi connectivity index (χ1n) is 5.03. The van der Waals surface area contributed by atoms with E-state index in [9.17, 15) is 10.1 Å². The molecule has 2 rings (SSSR count). The van der Waals surface area contributed by atoms with Crippen molar-refractivity contribution in [1.82, 2.24) is 0 Å². The third kappa shape index (κ3) is 2.89. The van der Waals surface area contributed by atoms with Crippen molar-refractivity contribution in [3.05, 3.63) is 56.1 Å². The minimum absolute atomic E-state index is 0.0862. The summed E-state index contributed by atoms with van der Waals surface area (Å²) in [6.07, 6.45) is 0. The number of anilines is 1. The molecule has 0 radical (unpaired) electrons. The van der Waals surface area contributed by atoms with Crippen LogP contribution in [0.1, 0.15) is 0 Å². The second-order valence-corrected chi connectivity index (χ2v) is 4.78. The van der Waals surface area contributed by atoms with E-state index in [1.807, 2.05) is 18.2 Å². The summed E-state index contributed by atoms with van der Waals surface area (Å²) in [5.41, 5.74) is 5.55. The van der Waals surface area contributed by atoms with Crippen molar-refractivity contribution in [2.45, 2.75) is 0 Å². The van der Waals surface area contributed by atoms with E-state index in [0.717, 1.165) is 3.57 Å². The Kier molecular flexibility index (Phi) is 3.66. The summed E-state index contributed by atoms with van der Waals surface area (Å²) in [6.45, 7) is 0. The first-order valence-corrected chi connectivity index (χ1v) is 6.11. The zero-order chi connectivity index (χ0) is 13.1. The van der Waals surface area contributed by atoms with Crippen LogP contribution < -0.4 is 10.5 Å². The van der Waals surface area contributed by atoms with Crippen LogP contribution in [0.15, 0.2) is 42.5 Å². The Hall–Kier alpha value is -1.83. The number of nitrogens with zero attached hydrogens (tertiary/aromatic N) is 1. The number of ether oxygens (including phenoxy) is 1. The fourth-order valence-corrected chi connectivity index (χ4v) is 1.94. The molecule has 2 N–H and O–H groups in total. The largest absolute Gasteiger partial charge is 0.457 e. The lowest BCUT2D eigenvalue weighted by Gasteiger charge is -2.06. The normalized spacial score (nSPS) is 10.1. The van der Waals surface area contributed by atoms with E-state index in [4.69, 9.17) is 10.5 Å². The molecule has 0 aliphatic heterocycles. The van der Waals surface area contributed by atoms with Crippen LogP contribution in [0.5, 0.6) is 11.5 Å². The summed E-state index contributed by atoms with van der Waals surface area (Å²) in [5.74, 6) is 1.13. The molecule has 2 aromatic rings. The number of nitro benzene ring substituents is 1. The predicted octanol–water partition coefficient (Wildman–Crippen LogP) is 3.57. The van der Waals surface area contributed by atoms with E-state index in [1.165, 1.54) is 18.2 Å². The summed E-state index contributed by atoms with van der Waals surface area (Å²) in [4.78, 5) is 10.1. The molecule has 0 heterocycles. The highest BCUT2D eigenvalue weighted by molar-refractivity contribution is 14.1. The van der Waals surface area contributed by atoms with Crippen molar-refractivity contribution < 1.29 is 9.66 Å². The van der Waals surface area contributed by atoms with Gasteiger partial charge >= 0.3 is 0 Å². The fourth-order valence-electron chi connectivity index (χ4n) is 1.43. The maximum absolute atomic E-state index is 10.6. The van der Waals surface area contributed by atoms with Crippen LogP contribution in [-0.2, 0) is 0 Å². The number of nitrogen functional groups attached to an aromatic ring is 1. The van der Waals surface area contributed by atoms with Crippen molar-refractivity contribution >= 4 is 34.0 Å². The van der Waals surface area contributed by atoms with Gasteiger partial charge in [-0.1, -0.05) is 6.07 Å². The SMILES string of the molecule is Nc1cc(Oc2cccc(I)c2)ccc1[N+](=O)[O-]. The first-order chi connectivity index (χ1) is 8.56. The molecule has 0 atom stereocenters. The smallest absolute Gasteiger partial charge is 0.292 e. The number of nitro groups is 1. The molecule has 6 heteroatoms. The quantitative estimate of drug-likeness (QED) is 0.395. The molecular weight excluding hydrogens is 347 g/mol. The average molecular weight is 356 g/mol. The summed E-state index contributed by atoms with van der Waals surface area (Å²) < 4.78 is 6.61. The van der Waals surface area contributed by atoms with Gasteiger partial charge in [-0.3, -0.25) is 10.1 Å². The maximum atomic E-state index is 10.6. The zero-order valence-corrected chi connectivity index (χ0v) is 11.3. The Morgan fingerprint density at radius 3 is 2.50 bits per heavy atom. The molecule has 92 valence electrons. The van der Waals surface area contributed by atoms with Crippen molar-refractivity contribution in [3.8, 4) is 11.5 Å². The third-order valence-corrected chi connectivity index (χ3v) is 2.90. The topological polar surface area (TPSA) is 78.4 Å². The Morgan fingerprint density at radius 1 is 1.17 bits per heavy atom. The minimum atomic E-state index is -0.523. The van der Waals surface area contributed by atoms with Gasteiger partial charge in [0.05, 0.1) is 4.92 Å². The molecule has 0 bridgehead atoms. The van der Waals surface area contributed by atoms with Gasteiger partial charge in [0.2, 0.25) is 0 Å². The zero-order valence-electron chi connectivity index (χ0n) is 9.17. The second-order valence-electron chi connectivity index (χ2n) is 3.54. The number of benzene rings is 2. The van der Waals surface area contributed by atoms with E-state index < -0.39 is 4.92 Å². The molecule has 18 heavy (non-hydrogen) atoms. The van der Waals surface area contributed by atoms with E-state index >= 15 is 0 Å². The molecule has 0 saturated carbocycles. The highest BCUT2D eigenvalue weighted by Gasteiger charge is 2.11. The molecule has 0 aliphatic rings. The van der Waals surface area contributed by atoms with Crippen molar-refractivity contribution in [1.29, 1.82) is 0 Å². The number of nitrogens with two attached hydrogens (primary N) is 1. The van der Waals surface area contributed by atoms with Crippen molar-refractivity contribution in [2.24, 2.45) is 0 Å². The lowest BCUT2D eigenvalue weighted by Crippen LogP contribution is -1.96. The Morgan fingerprint density at radius 2 is 1.89 bits per heavy atom. The fraction of sp³-hybridized carbons (Fsp3) is 0. The van der Waals surface area contributed by atoms with Gasteiger partial charge in [0, 0.05) is 15.7 Å². The molecule has 0 spiro atoms. The summed E-state index contributed by atoms with van der Waals surface area (Å²) >= 11 is 2.17. The molecule has 0 aromatic heterocycles. The van der Waals surface area contributed by atoms with E-state index in [0.29, 0.717) is 11.5 Å². The summed E-state index contributed by atoms with van der Waals surface area (Å²) in [7, 11) is 0. The third-order valence-electron chi connectivity index (χ3n) is 2.23. The summed E-state index contributed by atoms with van der Waals surface area (Å²) in [5, 5.41) is 10.6. The molecule has 0 amide bonds. The monoisotopic (exact) mass is 356 g/mol. The number of halogens is 1. The van der Waals surface area contributed by atoms with Crippen LogP contribution in [-0.4, -0.2) is 4.92 Å². The second kappa shape index (κ2) is 5.21. The van der Waals surface area contributed by atoms with Gasteiger partial charge in [-0.2, -0.15) is 0 Å². The van der Waals surface area contributed by atoms with E-state index in [1.54, 1.807) is 6.07 Å². The molecule has 0 saturated heterocycles. The average Bonchev–Trinajstić information content (AvgIpc) is 2.28. The Bertz CT molecular complexity index is 602. The standard InChI is InChI=1S/C12H9IN2O3/c13-8-2-1-3-9(6-8)18-10-4-5-12(15(16)17)11(14)7-10/h1-7H,14H2. The van der Waals surface area contributed by atoms with Gasteiger partial charge in [0.1, 0.15) is 17.2 Å². The van der Waals surface area contributed by atoms with Gasteiger partial charge in [0.25, 0.3) is 5.69 Å². The van der Waals surface area contributed by atoms with E-state index in [-0.39, 0.29) is 11.4 Å². The van der Waals surface area contributed by atoms with Crippen molar-refractivity contribution in [2.75, 3.05) is 5.73 Å². The Balaban J connectivity index is 2.25. The van der Waals surface area contributed by atoms with Crippen LogP contribution in [0, 0.1) is 13.7 Å². The lowest BCUT2D eigenvalue weighted by atomic mass is 10.2. The first kappa shape index (κ1) is 12.6. The Labute approximate surface area is 117 Å². The van der Waals surface area contributed by atoms with Crippen LogP contribution in [0.25, 0.3) is 0 Å². The van der Waals surface area contributed by atoms with Crippen LogP contribution in [0.3, 0.4) is 0 Å². The highest BCUT2D eigenvalue weighted by Crippen LogP contribution is 2.29. The summed E-state index contributed by atoms with van der Waals surface area (Å²) in [6, 6.07) is 11.8. The van der Waals surface area contributed by atoms with Gasteiger partial charge in [-0.15, -0.1) is 0 Å². The van der Waals surface area contributed by atoms with Crippen LogP contribution >= 0.6 is 22.6 Å². The van der Waals surface area contributed by atoms with E-state index in [2.05, 4.69) is 22.6 Å². The molecule has 2 aromatic carbocycles. The molecule has 0 unspecified atom stereocenters. The van der Waals surface area contributed by atoms with Crippen molar-refractivity contribution in [3.63, 3.8) is 0 Å². The van der Waals surface area contributed by atoms with Gasteiger partial charge in [-0.05, 0) is 46.9 Å². The predicted molar refractivity (Wildman–Crippen MR) is 76.7 cm³/mol. The molecular formula is C12H9IN2O3. The highest BCUT2D eigenvalue weighted by atomic mass is 127. The van der Waals surface area contributed by atoms with Gasteiger partial charge in [-0.25, -0.2) is 0 Å². The van der Waals surface area contributed by atoms with Gasteiger partial charge in [0.15, 0.2) is 0 Å². The molecule has 0 aliphatic carbocycles. The minimum Gasteiger partial charge on any atom is -0.457 e. The molecule has 0 fully saturated rings. The number of hydrogen-bond donors (Lipinski definition) is 1. The van der Waals surface area contributed by atoms with Crippen LogP contribution in [0.4, 0.5) is 11.4 Å².